The van der Waals surface area contributed by atoms with E-state index in [4.69, 9.17) is 4.74 Å². The second-order valence-corrected chi connectivity index (χ2v) is 5.68. The number of rotatable bonds is 6. The number of methoxy groups -OCH3 is 1. The highest BCUT2D eigenvalue weighted by atomic mass is 16.5. The van der Waals surface area contributed by atoms with Gasteiger partial charge in [0.1, 0.15) is 5.75 Å². The van der Waals surface area contributed by atoms with E-state index >= 15 is 0 Å². The Balaban J connectivity index is 1.86. The number of benzene rings is 1. The summed E-state index contributed by atoms with van der Waals surface area (Å²) in [6.45, 7) is 5.74. The summed E-state index contributed by atoms with van der Waals surface area (Å²) >= 11 is 0. The summed E-state index contributed by atoms with van der Waals surface area (Å²) in [6.07, 6.45) is 7.18. The monoisotopic (exact) mass is 261 g/mol. The molecule has 0 heterocycles. The normalized spacial score (nSPS) is 16.8. The van der Waals surface area contributed by atoms with E-state index in [0.717, 1.165) is 24.8 Å². The van der Waals surface area contributed by atoms with Gasteiger partial charge in [0.2, 0.25) is 0 Å². The standard InChI is InChI=1S/C17H27NO/c1-3-18(13-15-7-5-4-6-8-15)14-16-9-11-17(19-2)12-10-16/h9-12,15H,3-8,13-14H2,1-2H3. The Morgan fingerprint density at radius 2 is 1.79 bits per heavy atom. The van der Waals surface area contributed by atoms with E-state index in [-0.39, 0.29) is 0 Å². The maximum absolute atomic E-state index is 5.21. The Bertz CT molecular complexity index is 354. The van der Waals surface area contributed by atoms with Gasteiger partial charge in [-0.25, -0.2) is 0 Å². The van der Waals surface area contributed by atoms with Crippen LogP contribution in [0.5, 0.6) is 5.75 Å². The molecule has 1 aliphatic rings. The van der Waals surface area contributed by atoms with E-state index in [0.29, 0.717) is 0 Å². The lowest BCUT2D eigenvalue weighted by Gasteiger charge is -2.29. The molecule has 19 heavy (non-hydrogen) atoms. The van der Waals surface area contributed by atoms with Crippen molar-refractivity contribution in [3.8, 4) is 5.75 Å². The fourth-order valence-corrected chi connectivity index (χ4v) is 3.03. The van der Waals surface area contributed by atoms with Crippen LogP contribution in [0.4, 0.5) is 0 Å². The van der Waals surface area contributed by atoms with Crippen LogP contribution in [0, 0.1) is 5.92 Å². The molecule has 0 aromatic heterocycles. The molecule has 1 fully saturated rings. The average Bonchev–Trinajstić information content (AvgIpc) is 2.48. The van der Waals surface area contributed by atoms with Gasteiger partial charge in [0.05, 0.1) is 7.11 Å². The highest BCUT2D eigenvalue weighted by Gasteiger charge is 2.16. The van der Waals surface area contributed by atoms with E-state index in [2.05, 4.69) is 36.1 Å². The number of ether oxygens (including phenoxy) is 1. The molecule has 0 saturated heterocycles. The van der Waals surface area contributed by atoms with Crippen LogP contribution in [0.25, 0.3) is 0 Å². The summed E-state index contributed by atoms with van der Waals surface area (Å²) in [5, 5.41) is 0. The molecule has 1 aromatic rings. The van der Waals surface area contributed by atoms with Gasteiger partial charge in [-0.3, -0.25) is 4.90 Å². The highest BCUT2D eigenvalue weighted by molar-refractivity contribution is 5.27. The first-order chi connectivity index (χ1) is 9.31. The molecule has 1 saturated carbocycles. The molecular weight excluding hydrogens is 234 g/mol. The zero-order chi connectivity index (χ0) is 13.5. The zero-order valence-corrected chi connectivity index (χ0v) is 12.4. The maximum atomic E-state index is 5.21. The smallest absolute Gasteiger partial charge is 0.118 e. The van der Waals surface area contributed by atoms with Gasteiger partial charge in [-0.05, 0) is 43.0 Å². The van der Waals surface area contributed by atoms with E-state index < -0.39 is 0 Å². The van der Waals surface area contributed by atoms with Gasteiger partial charge in [-0.2, -0.15) is 0 Å². The number of nitrogens with zero attached hydrogens (tertiary/aromatic N) is 1. The molecule has 2 rings (SSSR count). The Labute approximate surface area is 117 Å². The predicted molar refractivity (Wildman–Crippen MR) is 80.5 cm³/mol. The first kappa shape index (κ1) is 14.4. The van der Waals surface area contributed by atoms with Crippen molar-refractivity contribution in [3.05, 3.63) is 29.8 Å². The Morgan fingerprint density at radius 1 is 1.11 bits per heavy atom. The zero-order valence-electron chi connectivity index (χ0n) is 12.4. The van der Waals surface area contributed by atoms with Gasteiger partial charge >= 0.3 is 0 Å². The molecule has 0 aliphatic heterocycles. The number of hydrogen-bond donors (Lipinski definition) is 0. The minimum absolute atomic E-state index is 0.923. The largest absolute Gasteiger partial charge is 0.497 e. The topological polar surface area (TPSA) is 12.5 Å². The van der Waals surface area contributed by atoms with Gasteiger partial charge in [-0.1, -0.05) is 38.3 Å². The Kier molecular flexibility index (Phi) is 5.71. The summed E-state index contributed by atoms with van der Waals surface area (Å²) in [5.74, 6) is 1.87. The van der Waals surface area contributed by atoms with Crippen LogP contribution < -0.4 is 4.74 Å². The quantitative estimate of drug-likeness (QED) is 0.764. The van der Waals surface area contributed by atoms with Gasteiger partial charge < -0.3 is 4.74 Å². The third-order valence-electron chi connectivity index (χ3n) is 4.25. The molecule has 0 atom stereocenters. The Hall–Kier alpha value is -1.02. The number of hydrogen-bond acceptors (Lipinski definition) is 2. The van der Waals surface area contributed by atoms with E-state index in [1.165, 1.54) is 44.2 Å². The predicted octanol–water partition coefficient (Wildman–Crippen LogP) is 4.10. The average molecular weight is 261 g/mol. The van der Waals surface area contributed by atoms with Crippen molar-refractivity contribution >= 4 is 0 Å². The molecule has 1 aromatic carbocycles. The molecule has 0 N–H and O–H groups in total. The summed E-state index contributed by atoms with van der Waals surface area (Å²) in [4.78, 5) is 2.58. The molecule has 1 aliphatic carbocycles. The van der Waals surface area contributed by atoms with Gasteiger partial charge in [0.25, 0.3) is 0 Å². The van der Waals surface area contributed by atoms with E-state index in [1.54, 1.807) is 7.11 Å². The molecule has 2 heteroatoms. The summed E-state index contributed by atoms with van der Waals surface area (Å²) in [6, 6.07) is 8.48. The second-order valence-electron chi connectivity index (χ2n) is 5.68. The van der Waals surface area contributed by atoms with Crippen molar-refractivity contribution in [3.63, 3.8) is 0 Å². The first-order valence-corrected chi connectivity index (χ1v) is 7.67. The van der Waals surface area contributed by atoms with Crippen LogP contribution in [0.15, 0.2) is 24.3 Å². The van der Waals surface area contributed by atoms with Crippen molar-refractivity contribution in [2.24, 2.45) is 5.92 Å². The molecule has 0 radical (unpaired) electrons. The second kappa shape index (κ2) is 7.54. The fourth-order valence-electron chi connectivity index (χ4n) is 3.03. The molecule has 0 unspecified atom stereocenters. The van der Waals surface area contributed by atoms with Crippen LogP contribution in [-0.4, -0.2) is 25.1 Å². The van der Waals surface area contributed by atoms with Crippen LogP contribution in [-0.2, 0) is 6.54 Å². The third kappa shape index (κ3) is 4.54. The van der Waals surface area contributed by atoms with E-state index in [1.807, 2.05) is 0 Å². The lowest BCUT2D eigenvalue weighted by atomic mass is 9.89. The van der Waals surface area contributed by atoms with E-state index in [9.17, 15) is 0 Å². The highest BCUT2D eigenvalue weighted by Crippen LogP contribution is 2.25. The molecule has 0 spiro atoms. The lowest BCUT2D eigenvalue weighted by molar-refractivity contribution is 0.202. The molecule has 2 nitrogen and oxygen atoms in total. The van der Waals surface area contributed by atoms with Crippen molar-refractivity contribution in [2.45, 2.75) is 45.6 Å². The first-order valence-electron chi connectivity index (χ1n) is 7.67. The fraction of sp³-hybridized carbons (Fsp3) is 0.647. The van der Waals surface area contributed by atoms with Gasteiger partial charge in [0, 0.05) is 13.1 Å². The molecule has 0 bridgehead atoms. The van der Waals surface area contributed by atoms with Crippen LogP contribution in [0.2, 0.25) is 0 Å². The lowest BCUT2D eigenvalue weighted by Crippen LogP contribution is -2.30. The third-order valence-corrected chi connectivity index (χ3v) is 4.25. The van der Waals surface area contributed by atoms with Crippen molar-refractivity contribution in [1.29, 1.82) is 0 Å². The molecular formula is C17H27NO. The summed E-state index contributed by atoms with van der Waals surface area (Å²) in [5.41, 5.74) is 1.39. The van der Waals surface area contributed by atoms with Crippen molar-refractivity contribution < 1.29 is 4.74 Å². The minimum Gasteiger partial charge on any atom is -0.497 e. The SMILES string of the molecule is CCN(Cc1ccc(OC)cc1)CC1CCCCC1. The summed E-state index contributed by atoms with van der Waals surface area (Å²) in [7, 11) is 1.72. The van der Waals surface area contributed by atoms with Gasteiger partial charge in [0.15, 0.2) is 0 Å². The van der Waals surface area contributed by atoms with Crippen LogP contribution in [0.1, 0.15) is 44.6 Å². The van der Waals surface area contributed by atoms with Crippen LogP contribution in [0.3, 0.4) is 0 Å². The Morgan fingerprint density at radius 3 is 2.37 bits per heavy atom. The maximum Gasteiger partial charge on any atom is 0.118 e. The minimum atomic E-state index is 0.923. The van der Waals surface area contributed by atoms with Gasteiger partial charge in [-0.15, -0.1) is 0 Å². The molecule has 106 valence electrons. The van der Waals surface area contributed by atoms with Crippen molar-refractivity contribution in [1.82, 2.24) is 4.90 Å². The summed E-state index contributed by atoms with van der Waals surface area (Å²) < 4.78 is 5.21. The van der Waals surface area contributed by atoms with Crippen molar-refractivity contribution in [2.75, 3.05) is 20.2 Å². The van der Waals surface area contributed by atoms with Crippen LogP contribution >= 0.6 is 0 Å². The molecule has 0 amide bonds.